The highest BCUT2D eigenvalue weighted by Crippen LogP contribution is 2.30. The number of nitrogens with one attached hydrogen (secondary N) is 2. The number of nitroso groups, excluding NO2 is 1. The Morgan fingerprint density at radius 3 is 2.65 bits per heavy atom. The zero-order valence-corrected chi connectivity index (χ0v) is 18.1. The van der Waals surface area contributed by atoms with Crippen LogP contribution in [0.1, 0.15) is 35.2 Å². The van der Waals surface area contributed by atoms with E-state index in [4.69, 9.17) is 0 Å². The van der Waals surface area contributed by atoms with E-state index in [1.54, 1.807) is 23.9 Å². The van der Waals surface area contributed by atoms with Crippen molar-refractivity contribution in [2.75, 3.05) is 18.4 Å². The van der Waals surface area contributed by atoms with Crippen molar-refractivity contribution >= 4 is 29.0 Å². The van der Waals surface area contributed by atoms with Crippen LogP contribution < -0.4 is 10.00 Å². The minimum absolute atomic E-state index is 0.191. The molecule has 1 aliphatic heterocycles. The van der Waals surface area contributed by atoms with Crippen LogP contribution >= 0.6 is 11.8 Å². The minimum Gasteiger partial charge on any atom is -0.322 e. The van der Waals surface area contributed by atoms with E-state index >= 15 is 0 Å². The Morgan fingerprint density at radius 2 is 1.97 bits per heavy atom. The first-order valence-corrected chi connectivity index (χ1v) is 11.0. The first kappa shape index (κ1) is 21.1. The fraction of sp³-hybridized carbons (Fsp3) is 0.333. The number of piperidine rings is 1. The molecule has 0 saturated carbocycles. The normalized spacial score (nSPS) is 14.4. The highest BCUT2D eigenvalue weighted by molar-refractivity contribution is 7.99. The molecule has 2 aromatic carbocycles. The van der Waals surface area contributed by atoms with Gasteiger partial charge in [0.2, 0.25) is 0 Å². The van der Waals surface area contributed by atoms with Crippen LogP contribution in [0.4, 0.5) is 11.4 Å². The van der Waals surface area contributed by atoms with Gasteiger partial charge in [-0.05, 0) is 78.8 Å². The topological polar surface area (TPSA) is 107 Å². The Hall–Kier alpha value is -3.11. The highest BCUT2D eigenvalue weighted by atomic mass is 32.2. The summed E-state index contributed by atoms with van der Waals surface area (Å²) in [5, 5.41) is 16.9. The van der Waals surface area contributed by atoms with E-state index in [1.165, 1.54) is 42.7 Å². The summed E-state index contributed by atoms with van der Waals surface area (Å²) < 4.78 is 1.64. The van der Waals surface area contributed by atoms with E-state index in [9.17, 15) is 9.70 Å². The van der Waals surface area contributed by atoms with Gasteiger partial charge in [-0.25, -0.2) is 0 Å². The van der Waals surface area contributed by atoms with Crippen molar-refractivity contribution in [2.45, 2.75) is 35.9 Å². The summed E-state index contributed by atoms with van der Waals surface area (Å²) >= 11 is 1.28. The largest absolute Gasteiger partial charge is 0.364 e. The van der Waals surface area contributed by atoms with Crippen molar-refractivity contribution in [1.29, 1.82) is 0 Å². The number of amides is 1. The third kappa shape index (κ3) is 5.33. The lowest BCUT2D eigenvalue weighted by atomic mass is 10.1. The van der Waals surface area contributed by atoms with Gasteiger partial charge in [-0.1, -0.05) is 23.8 Å². The predicted octanol–water partition coefficient (Wildman–Crippen LogP) is 3.42. The molecular weight excluding hydrogens is 414 g/mol. The maximum Gasteiger partial charge on any atom is 0.364 e. The summed E-state index contributed by atoms with van der Waals surface area (Å²) in [4.78, 5) is 27.1. The molecule has 0 radical (unpaired) electrons. The van der Waals surface area contributed by atoms with Crippen LogP contribution in [-0.4, -0.2) is 39.4 Å². The quantitative estimate of drug-likeness (QED) is 0.432. The smallest absolute Gasteiger partial charge is 0.322 e. The summed E-state index contributed by atoms with van der Waals surface area (Å²) in [6, 6.07) is 12.6. The van der Waals surface area contributed by atoms with Gasteiger partial charge in [0.05, 0.1) is 12.6 Å². The van der Waals surface area contributed by atoms with Gasteiger partial charge < -0.3 is 5.32 Å². The molecule has 3 aromatic rings. The molecule has 31 heavy (non-hydrogen) atoms. The summed E-state index contributed by atoms with van der Waals surface area (Å²) in [5.74, 6) is -0.317. The van der Waals surface area contributed by atoms with Crippen molar-refractivity contribution in [3.8, 4) is 0 Å². The second kappa shape index (κ2) is 9.80. The molecule has 0 atom stereocenters. The number of aromatic nitrogens is 4. The predicted molar refractivity (Wildman–Crippen MR) is 117 cm³/mol. The molecule has 1 aromatic heterocycles. The molecule has 0 aliphatic carbocycles. The van der Waals surface area contributed by atoms with Crippen molar-refractivity contribution in [2.24, 2.45) is 12.2 Å². The highest BCUT2D eigenvalue weighted by Gasteiger charge is 2.20. The number of hydrogen-bond donors (Lipinski definition) is 2. The molecule has 160 valence electrons. The molecule has 1 saturated heterocycles. The Balaban J connectivity index is 1.48. The van der Waals surface area contributed by atoms with Crippen LogP contribution in [0, 0.1) is 4.91 Å². The van der Waals surface area contributed by atoms with Gasteiger partial charge in [0.1, 0.15) is 10.8 Å². The Kier molecular flexibility index (Phi) is 6.68. The number of aromatic amines is 1. The third-order valence-electron chi connectivity index (χ3n) is 5.20. The molecule has 0 bridgehead atoms. The van der Waals surface area contributed by atoms with Gasteiger partial charge in [-0.15, -0.1) is 4.91 Å². The van der Waals surface area contributed by atoms with Crippen molar-refractivity contribution in [3.05, 3.63) is 58.5 Å². The van der Waals surface area contributed by atoms with Crippen LogP contribution in [0.15, 0.2) is 57.7 Å². The van der Waals surface area contributed by atoms with Gasteiger partial charge >= 0.3 is 5.16 Å². The fourth-order valence-electron chi connectivity index (χ4n) is 3.54. The summed E-state index contributed by atoms with van der Waals surface area (Å²) in [7, 11) is 1.77. The molecule has 1 aliphatic rings. The number of carbonyl (C=O) groups excluding carboxylic acids is 1. The zero-order chi connectivity index (χ0) is 21.6. The van der Waals surface area contributed by atoms with E-state index < -0.39 is 0 Å². The van der Waals surface area contributed by atoms with Crippen LogP contribution in [-0.2, 0) is 13.6 Å². The average Bonchev–Trinajstić information content (AvgIpc) is 3.20. The van der Waals surface area contributed by atoms with E-state index in [0.29, 0.717) is 21.3 Å². The lowest BCUT2D eigenvalue weighted by molar-refractivity contribution is -0.765. The molecule has 2 heterocycles. The number of anilines is 1. The second-order valence-corrected chi connectivity index (χ2v) is 8.51. The number of likely N-dealkylation sites (tertiary alicyclic amines) is 1. The maximum atomic E-state index is 13.0. The van der Waals surface area contributed by atoms with E-state index in [0.717, 1.165) is 19.6 Å². The molecule has 0 spiro atoms. The van der Waals surface area contributed by atoms with Crippen LogP contribution in [0.25, 0.3) is 0 Å². The van der Waals surface area contributed by atoms with Gasteiger partial charge in [-0.3, -0.25) is 9.69 Å². The van der Waals surface area contributed by atoms with E-state index in [2.05, 4.69) is 30.9 Å². The number of H-pyrrole nitrogens is 1. The monoisotopic (exact) mass is 438 g/mol. The number of nitrogens with zero attached hydrogens (tertiary/aromatic N) is 5. The zero-order valence-electron chi connectivity index (χ0n) is 17.2. The minimum atomic E-state index is -0.317. The van der Waals surface area contributed by atoms with Crippen molar-refractivity contribution in [1.82, 2.24) is 20.4 Å². The third-order valence-corrected chi connectivity index (χ3v) is 6.31. The first-order chi connectivity index (χ1) is 15.1. The Bertz CT molecular complexity index is 1060. The van der Waals surface area contributed by atoms with Crippen LogP contribution in [0.3, 0.4) is 0 Å². The molecule has 1 fully saturated rings. The summed E-state index contributed by atoms with van der Waals surface area (Å²) in [6.07, 6.45) is 3.84. The van der Waals surface area contributed by atoms with Gasteiger partial charge in [0.15, 0.2) is 5.21 Å². The lowest BCUT2D eigenvalue weighted by Crippen LogP contribution is -2.32. The standard InChI is InChI=1S/C21H23N7O2S/c1-27-21(23-25-26-27)31-19-10-9-17(24-30)13-18(19)20(29)22-16-7-5-15(6-8-16)14-28-11-3-2-4-12-28/h5-10,13H,2-4,11-12,14H2,1H3,(H,22,29)/p+1. The number of hydrogen-bond acceptors (Lipinski definition) is 7. The van der Waals surface area contributed by atoms with Crippen molar-refractivity contribution in [3.63, 3.8) is 0 Å². The Morgan fingerprint density at radius 1 is 1.19 bits per heavy atom. The number of tetrazole rings is 1. The van der Waals surface area contributed by atoms with Gasteiger partial charge in [0, 0.05) is 17.1 Å². The first-order valence-electron chi connectivity index (χ1n) is 10.2. The maximum absolute atomic E-state index is 13.0. The van der Waals surface area contributed by atoms with Gasteiger partial charge in [-0.2, -0.15) is 4.68 Å². The molecular formula is C21H24N7O2S+. The number of rotatable bonds is 7. The number of aryl methyl sites for hydroxylation is 1. The lowest BCUT2D eigenvalue weighted by Gasteiger charge is -2.26. The second-order valence-electron chi connectivity index (χ2n) is 7.50. The molecule has 4 rings (SSSR count). The van der Waals surface area contributed by atoms with Crippen LogP contribution in [0.5, 0.6) is 0 Å². The molecule has 0 unspecified atom stereocenters. The van der Waals surface area contributed by atoms with Gasteiger partial charge in [0.25, 0.3) is 5.91 Å². The van der Waals surface area contributed by atoms with Crippen molar-refractivity contribution < 1.29 is 9.48 Å². The molecule has 1 amide bonds. The SMILES string of the molecule is C[n+]1[nH]nnc1Sc1ccc(N=O)cc1C(=O)Nc1ccc(CN2CCCCC2)cc1. The summed E-state index contributed by atoms with van der Waals surface area (Å²) in [5.41, 5.74) is 2.46. The number of carbonyl (C=O) groups is 1. The molecule has 2 N–H and O–H groups in total. The fourth-order valence-corrected chi connectivity index (χ4v) is 4.39. The Labute approximate surface area is 184 Å². The number of benzene rings is 2. The van der Waals surface area contributed by atoms with E-state index in [1.807, 2.05) is 24.3 Å². The molecule has 10 heteroatoms. The summed E-state index contributed by atoms with van der Waals surface area (Å²) in [6.45, 7) is 3.21. The van der Waals surface area contributed by atoms with Crippen LogP contribution in [0.2, 0.25) is 0 Å². The molecule has 9 nitrogen and oxygen atoms in total. The average molecular weight is 439 g/mol. The van der Waals surface area contributed by atoms with E-state index in [-0.39, 0.29) is 11.6 Å².